The summed E-state index contributed by atoms with van der Waals surface area (Å²) in [5.74, 6) is 0.00102. The summed E-state index contributed by atoms with van der Waals surface area (Å²) in [6, 6.07) is 1.07. The van der Waals surface area contributed by atoms with Gasteiger partial charge in [-0.25, -0.2) is 4.79 Å². The van der Waals surface area contributed by atoms with E-state index in [4.69, 9.17) is 21.3 Å². The Kier molecular flexibility index (Phi) is 11.4. The molecule has 1 rings (SSSR count). The molecule has 0 spiro atoms. The summed E-state index contributed by atoms with van der Waals surface area (Å²) in [5, 5.41) is 8.70. The lowest BCUT2D eigenvalue weighted by molar-refractivity contribution is -0.143. The Morgan fingerprint density at radius 1 is 1.44 bits per heavy atom. The van der Waals surface area contributed by atoms with Crippen LogP contribution in [0.2, 0.25) is 0 Å². The first-order valence-electron chi connectivity index (χ1n) is 8.18. The molecule has 0 bridgehead atoms. The average molecular weight is 358 g/mol. The number of nitrogens with two attached hydrogens (primary N) is 2. The van der Waals surface area contributed by atoms with Crippen molar-refractivity contribution in [3.63, 3.8) is 0 Å². The van der Waals surface area contributed by atoms with Crippen molar-refractivity contribution < 1.29 is 19.4 Å². The monoisotopic (exact) mass is 358 g/mol. The molecular formula is C16H30N4O5. The summed E-state index contributed by atoms with van der Waals surface area (Å²) in [6.45, 7) is 5.87. The Morgan fingerprint density at radius 2 is 2.08 bits per heavy atom. The highest BCUT2D eigenvalue weighted by atomic mass is 16.5. The average Bonchev–Trinajstić information content (AvgIpc) is 2.58. The number of aliphatic hydroxyl groups is 1. The Bertz CT molecular complexity index is 562. The molecule has 2 unspecified atom stereocenters. The van der Waals surface area contributed by atoms with Gasteiger partial charge in [0.25, 0.3) is 0 Å². The van der Waals surface area contributed by atoms with Gasteiger partial charge in [0.2, 0.25) is 0 Å². The highest BCUT2D eigenvalue weighted by Gasteiger charge is 2.16. The van der Waals surface area contributed by atoms with Gasteiger partial charge in [0.05, 0.1) is 20.3 Å². The molecule has 0 aliphatic rings. The van der Waals surface area contributed by atoms with Crippen LogP contribution in [0.3, 0.4) is 0 Å². The van der Waals surface area contributed by atoms with Gasteiger partial charge in [0, 0.05) is 6.20 Å². The Balaban J connectivity index is 0.000000547. The van der Waals surface area contributed by atoms with Crippen molar-refractivity contribution in [1.82, 2.24) is 9.55 Å². The van der Waals surface area contributed by atoms with Crippen LogP contribution in [-0.2, 0) is 14.3 Å². The molecule has 9 heteroatoms. The summed E-state index contributed by atoms with van der Waals surface area (Å²) in [6.07, 6.45) is 2.72. The largest absolute Gasteiger partial charge is 0.468 e. The van der Waals surface area contributed by atoms with Gasteiger partial charge in [-0.1, -0.05) is 27.2 Å². The van der Waals surface area contributed by atoms with E-state index >= 15 is 0 Å². The fourth-order valence-corrected chi connectivity index (χ4v) is 1.79. The number of hydrogen-bond acceptors (Lipinski definition) is 8. The maximum absolute atomic E-state index is 11.5. The third kappa shape index (κ3) is 8.62. The van der Waals surface area contributed by atoms with Crippen molar-refractivity contribution in [2.45, 2.75) is 45.9 Å². The molecule has 1 heterocycles. The first kappa shape index (κ1) is 23.0. The van der Waals surface area contributed by atoms with E-state index < -0.39 is 18.0 Å². The molecule has 0 saturated carbocycles. The van der Waals surface area contributed by atoms with Gasteiger partial charge in [-0.3, -0.25) is 9.36 Å². The molecule has 9 nitrogen and oxygen atoms in total. The summed E-state index contributed by atoms with van der Waals surface area (Å²) < 4.78 is 11.2. The second-order valence-electron chi connectivity index (χ2n) is 5.67. The molecule has 0 radical (unpaired) electrons. The van der Waals surface area contributed by atoms with Crippen molar-refractivity contribution in [2.75, 3.05) is 26.1 Å². The van der Waals surface area contributed by atoms with Crippen molar-refractivity contribution in [3.05, 3.63) is 22.7 Å². The van der Waals surface area contributed by atoms with E-state index in [0.717, 1.165) is 6.42 Å². The molecule has 0 aliphatic heterocycles. The number of carbonyl (C=O) groups is 1. The predicted octanol–water partition coefficient (Wildman–Crippen LogP) is 0.276. The number of aromatic nitrogens is 2. The maximum atomic E-state index is 11.5. The first-order valence-corrected chi connectivity index (χ1v) is 8.18. The van der Waals surface area contributed by atoms with Crippen LogP contribution in [0.25, 0.3) is 0 Å². The number of anilines is 1. The molecule has 0 saturated heterocycles. The van der Waals surface area contributed by atoms with Crippen molar-refractivity contribution in [3.8, 4) is 0 Å². The molecule has 5 N–H and O–H groups in total. The smallest absolute Gasteiger partial charge is 0.351 e. The van der Waals surface area contributed by atoms with Crippen LogP contribution in [0.15, 0.2) is 17.1 Å². The van der Waals surface area contributed by atoms with Gasteiger partial charge >= 0.3 is 11.7 Å². The van der Waals surface area contributed by atoms with Gasteiger partial charge in [-0.2, -0.15) is 4.98 Å². The zero-order chi connectivity index (χ0) is 19.4. The summed E-state index contributed by atoms with van der Waals surface area (Å²) in [5.41, 5.74) is 10.4. The fraction of sp³-hybridized carbons (Fsp3) is 0.688. The zero-order valence-electron chi connectivity index (χ0n) is 15.3. The summed E-state index contributed by atoms with van der Waals surface area (Å²) in [4.78, 5) is 25.8. The van der Waals surface area contributed by atoms with E-state index in [1.54, 1.807) is 12.3 Å². The number of rotatable bonds is 8. The minimum atomic E-state index is -0.477. The van der Waals surface area contributed by atoms with E-state index in [-0.39, 0.29) is 30.9 Å². The molecule has 1 aromatic heterocycles. The van der Waals surface area contributed by atoms with Gasteiger partial charge in [-0.05, 0) is 18.4 Å². The lowest BCUT2D eigenvalue weighted by Crippen LogP contribution is -2.36. The number of ether oxygens (including phenoxy) is 2. The maximum Gasteiger partial charge on any atom is 0.351 e. The van der Waals surface area contributed by atoms with E-state index in [1.165, 1.54) is 11.7 Å². The number of carbonyl (C=O) groups excluding carboxylic acids is 1. The van der Waals surface area contributed by atoms with Crippen molar-refractivity contribution >= 4 is 11.8 Å². The number of aliphatic hydroxyl groups excluding tert-OH is 1. The molecule has 0 amide bonds. The standard InChI is InChI=1S/C10H17N3O3.C6H13NO2/c1-2-3-9(16-7-6-14)13-5-4-8(11)12-10(13)15;1-4(2)5(7)6(8)9-3/h4-5,9,14H,2-3,6-7H2,1H3,(H2,11,12,15);4-5H,7H2,1-3H3. The first-order chi connectivity index (χ1) is 11.8. The minimum Gasteiger partial charge on any atom is -0.468 e. The van der Waals surface area contributed by atoms with E-state index in [9.17, 15) is 9.59 Å². The second-order valence-corrected chi connectivity index (χ2v) is 5.67. The van der Waals surface area contributed by atoms with Crippen LogP contribution in [0, 0.1) is 5.92 Å². The van der Waals surface area contributed by atoms with E-state index in [2.05, 4.69) is 9.72 Å². The number of hydrogen-bond donors (Lipinski definition) is 3. The normalized spacial score (nSPS) is 12.9. The molecule has 0 aromatic carbocycles. The van der Waals surface area contributed by atoms with Crippen molar-refractivity contribution in [1.29, 1.82) is 0 Å². The zero-order valence-corrected chi connectivity index (χ0v) is 15.3. The Morgan fingerprint density at radius 3 is 2.48 bits per heavy atom. The molecule has 1 aromatic rings. The molecule has 2 atom stereocenters. The Hall–Kier alpha value is -1.97. The molecule has 144 valence electrons. The van der Waals surface area contributed by atoms with E-state index in [1.807, 2.05) is 20.8 Å². The lowest BCUT2D eigenvalue weighted by atomic mass is 10.1. The van der Waals surface area contributed by atoms with Gasteiger partial charge in [0.1, 0.15) is 18.1 Å². The van der Waals surface area contributed by atoms with Crippen LogP contribution < -0.4 is 17.2 Å². The topological polar surface area (TPSA) is 143 Å². The quantitative estimate of drug-likeness (QED) is 0.562. The van der Waals surface area contributed by atoms with Crippen LogP contribution in [0.1, 0.15) is 39.8 Å². The van der Waals surface area contributed by atoms with Gasteiger partial charge < -0.3 is 26.0 Å². The number of nitrogen functional groups attached to an aromatic ring is 1. The second kappa shape index (κ2) is 12.4. The van der Waals surface area contributed by atoms with E-state index in [0.29, 0.717) is 6.42 Å². The van der Waals surface area contributed by atoms with Crippen LogP contribution >= 0.6 is 0 Å². The fourth-order valence-electron chi connectivity index (χ4n) is 1.79. The summed E-state index contributed by atoms with van der Waals surface area (Å²) in [7, 11) is 1.34. The third-order valence-corrected chi connectivity index (χ3v) is 3.29. The predicted molar refractivity (Wildman–Crippen MR) is 94.7 cm³/mol. The summed E-state index contributed by atoms with van der Waals surface area (Å²) >= 11 is 0. The van der Waals surface area contributed by atoms with Crippen molar-refractivity contribution in [2.24, 2.45) is 11.7 Å². The van der Waals surface area contributed by atoms with Gasteiger partial charge in [0.15, 0.2) is 0 Å². The SMILES string of the molecule is CCCC(OCCO)n1ccc(N)nc1=O.COC(=O)C(N)C(C)C. The third-order valence-electron chi connectivity index (χ3n) is 3.29. The Labute approximate surface area is 147 Å². The lowest BCUT2D eigenvalue weighted by Gasteiger charge is -2.18. The molecule has 0 fully saturated rings. The highest BCUT2D eigenvalue weighted by molar-refractivity contribution is 5.75. The van der Waals surface area contributed by atoms with Gasteiger partial charge in [-0.15, -0.1) is 0 Å². The molecule has 25 heavy (non-hydrogen) atoms. The number of nitrogens with zero attached hydrogens (tertiary/aromatic N) is 2. The number of methoxy groups -OCH3 is 1. The van der Waals surface area contributed by atoms with Crippen LogP contribution in [0.4, 0.5) is 5.82 Å². The van der Waals surface area contributed by atoms with Crippen LogP contribution in [-0.4, -0.2) is 47.0 Å². The number of esters is 1. The highest BCUT2D eigenvalue weighted by Crippen LogP contribution is 2.13. The molecular weight excluding hydrogens is 328 g/mol. The van der Waals surface area contributed by atoms with Crippen LogP contribution in [0.5, 0.6) is 0 Å². The molecule has 0 aliphatic carbocycles. The minimum absolute atomic E-state index is 0.0721.